The van der Waals surface area contributed by atoms with Crippen molar-refractivity contribution in [1.82, 2.24) is 20.0 Å². The number of alkyl halides is 3. The van der Waals surface area contributed by atoms with Gasteiger partial charge in [-0.1, -0.05) is 22.0 Å². The van der Waals surface area contributed by atoms with Crippen LogP contribution in [0, 0.1) is 0 Å². The lowest BCUT2D eigenvalue weighted by Crippen LogP contribution is -2.47. The topological polar surface area (TPSA) is 93.2 Å². The Labute approximate surface area is 211 Å². The summed E-state index contributed by atoms with van der Waals surface area (Å²) < 4.78 is 32.6. The summed E-state index contributed by atoms with van der Waals surface area (Å²) in [5.41, 5.74) is 0.671. The van der Waals surface area contributed by atoms with Crippen LogP contribution in [0.15, 0.2) is 28.7 Å². The highest BCUT2D eigenvalue weighted by Crippen LogP contribution is 2.15. The zero-order valence-corrected chi connectivity index (χ0v) is 21.1. The number of carboxylic acids is 1. The first-order valence-electron chi connectivity index (χ1n) is 11.6. The largest absolute Gasteiger partial charge is 0.490 e. The molecule has 1 aromatic rings. The number of likely N-dealkylation sites (tertiary alicyclic amines) is 1. The smallest absolute Gasteiger partial charge is 0.475 e. The maximum Gasteiger partial charge on any atom is 0.490 e. The molecular formula is C23H32BrF3N4O4. The Bertz CT molecular complexity index is 844. The highest BCUT2D eigenvalue weighted by molar-refractivity contribution is 9.10. The number of carboxylic acid groups (broad SMARTS) is 1. The first-order chi connectivity index (χ1) is 16.6. The summed E-state index contributed by atoms with van der Waals surface area (Å²) in [7, 11) is 0. The van der Waals surface area contributed by atoms with Gasteiger partial charge in [0.1, 0.15) is 0 Å². The molecule has 0 unspecified atom stereocenters. The molecule has 0 bridgehead atoms. The number of piperazine rings is 1. The van der Waals surface area contributed by atoms with Gasteiger partial charge in [0, 0.05) is 55.7 Å². The molecule has 1 aromatic carbocycles. The third-order valence-corrected chi connectivity index (χ3v) is 6.26. The van der Waals surface area contributed by atoms with E-state index in [2.05, 4.69) is 26.1 Å². The van der Waals surface area contributed by atoms with Crippen LogP contribution in [0.25, 0.3) is 0 Å². The number of halogens is 4. The van der Waals surface area contributed by atoms with E-state index in [0.29, 0.717) is 25.1 Å². The van der Waals surface area contributed by atoms with Crippen molar-refractivity contribution >= 4 is 33.7 Å². The number of carbonyl (C=O) groups is 3. The number of hydrogen-bond donors (Lipinski definition) is 2. The molecule has 2 N–H and O–H groups in total. The lowest BCUT2D eigenvalue weighted by Gasteiger charge is -2.29. The Hall–Kier alpha value is -2.18. The number of carbonyl (C=O) groups excluding carboxylic acids is 2. The summed E-state index contributed by atoms with van der Waals surface area (Å²) in [6.45, 7) is 7.74. The van der Waals surface area contributed by atoms with Gasteiger partial charge >= 0.3 is 12.1 Å². The summed E-state index contributed by atoms with van der Waals surface area (Å²) in [6, 6.07) is 7.50. The maximum atomic E-state index is 13.1. The van der Waals surface area contributed by atoms with Crippen LogP contribution in [0.5, 0.6) is 0 Å². The standard InChI is InChI=1S/C21H31BrN4O2.C2HF3O2/c22-19-6-3-5-18(17-19)21(28)26(13-4-12-24-10-1-2-11-24)14-7-20(27)25-15-8-23-9-16-25;3-2(4,5)1(6)7/h3,5-6,17,23H,1-2,4,7-16H2;(H,6,7). The first-order valence-corrected chi connectivity index (χ1v) is 12.4. The number of nitrogens with one attached hydrogen (secondary N) is 1. The molecule has 2 heterocycles. The molecular weight excluding hydrogens is 533 g/mol. The Morgan fingerprint density at radius 3 is 2.26 bits per heavy atom. The second-order valence-corrected chi connectivity index (χ2v) is 9.30. The Morgan fingerprint density at radius 2 is 1.69 bits per heavy atom. The molecule has 2 fully saturated rings. The van der Waals surface area contributed by atoms with E-state index in [-0.39, 0.29) is 11.8 Å². The fraction of sp³-hybridized carbons (Fsp3) is 0.609. The van der Waals surface area contributed by atoms with Gasteiger partial charge in [0.25, 0.3) is 5.91 Å². The van der Waals surface area contributed by atoms with Gasteiger partial charge in [-0.15, -0.1) is 0 Å². The van der Waals surface area contributed by atoms with E-state index in [1.807, 2.05) is 34.1 Å². The van der Waals surface area contributed by atoms with Crippen LogP contribution in [-0.2, 0) is 9.59 Å². The monoisotopic (exact) mass is 564 g/mol. The van der Waals surface area contributed by atoms with Crippen molar-refractivity contribution in [2.45, 2.75) is 31.9 Å². The maximum absolute atomic E-state index is 13.1. The van der Waals surface area contributed by atoms with Gasteiger partial charge in [-0.05, 0) is 57.1 Å². The van der Waals surface area contributed by atoms with Crippen LogP contribution >= 0.6 is 15.9 Å². The molecule has 0 aromatic heterocycles. The van der Waals surface area contributed by atoms with Gasteiger partial charge in [0.15, 0.2) is 0 Å². The van der Waals surface area contributed by atoms with Crippen LogP contribution < -0.4 is 5.32 Å². The summed E-state index contributed by atoms with van der Waals surface area (Å²) in [5, 5.41) is 10.4. The van der Waals surface area contributed by atoms with Gasteiger partial charge in [0.05, 0.1) is 0 Å². The van der Waals surface area contributed by atoms with E-state index < -0.39 is 12.1 Å². The van der Waals surface area contributed by atoms with E-state index in [1.54, 1.807) is 0 Å². The third kappa shape index (κ3) is 10.5. The number of nitrogens with zero attached hydrogens (tertiary/aromatic N) is 3. The molecule has 12 heteroatoms. The van der Waals surface area contributed by atoms with Crippen molar-refractivity contribution < 1.29 is 32.7 Å². The fourth-order valence-corrected chi connectivity index (χ4v) is 4.31. The van der Waals surface area contributed by atoms with Crippen molar-refractivity contribution in [2.24, 2.45) is 0 Å². The van der Waals surface area contributed by atoms with Crippen LogP contribution in [0.1, 0.15) is 36.0 Å². The van der Waals surface area contributed by atoms with E-state index in [1.165, 1.54) is 25.9 Å². The predicted octanol–water partition coefficient (Wildman–Crippen LogP) is 2.83. The minimum atomic E-state index is -5.08. The molecule has 0 atom stereocenters. The summed E-state index contributed by atoms with van der Waals surface area (Å²) >= 11 is 3.45. The van der Waals surface area contributed by atoms with E-state index in [9.17, 15) is 22.8 Å². The first kappa shape index (κ1) is 29.1. The molecule has 0 spiro atoms. The Balaban J connectivity index is 0.000000540. The number of amides is 2. The SMILES string of the molecule is O=C(CCN(CCCN1CCCC1)C(=O)c1cccc(Br)c1)N1CCNCC1.O=C(O)C(F)(F)F. The van der Waals surface area contributed by atoms with Gasteiger partial charge in [-0.2, -0.15) is 13.2 Å². The van der Waals surface area contributed by atoms with Crippen molar-refractivity contribution in [3.05, 3.63) is 34.3 Å². The summed E-state index contributed by atoms with van der Waals surface area (Å²) in [6.07, 6.45) is -1.19. The number of aliphatic carboxylic acids is 1. The number of rotatable bonds is 8. The highest BCUT2D eigenvalue weighted by Gasteiger charge is 2.38. The predicted molar refractivity (Wildman–Crippen MR) is 128 cm³/mol. The van der Waals surface area contributed by atoms with Crippen LogP contribution in [-0.4, -0.2) is 103 Å². The molecule has 2 aliphatic rings. The normalized spacial score (nSPS) is 16.4. The number of hydrogen-bond acceptors (Lipinski definition) is 5. The molecule has 8 nitrogen and oxygen atoms in total. The van der Waals surface area contributed by atoms with Crippen molar-refractivity contribution in [1.29, 1.82) is 0 Å². The highest BCUT2D eigenvalue weighted by atomic mass is 79.9. The van der Waals surface area contributed by atoms with Gasteiger partial charge < -0.3 is 25.1 Å². The van der Waals surface area contributed by atoms with Gasteiger partial charge in [0.2, 0.25) is 5.91 Å². The van der Waals surface area contributed by atoms with Crippen molar-refractivity contribution in [3.63, 3.8) is 0 Å². The molecule has 2 amide bonds. The van der Waals surface area contributed by atoms with Crippen LogP contribution in [0.3, 0.4) is 0 Å². The molecule has 196 valence electrons. The van der Waals surface area contributed by atoms with E-state index in [0.717, 1.165) is 43.6 Å². The number of benzene rings is 1. The third-order valence-electron chi connectivity index (χ3n) is 5.77. The molecule has 2 aliphatic heterocycles. The van der Waals surface area contributed by atoms with Gasteiger partial charge in [-0.3, -0.25) is 9.59 Å². The second kappa shape index (κ2) is 14.4. The summed E-state index contributed by atoms with van der Waals surface area (Å²) in [5.74, 6) is -2.60. The molecule has 2 saturated heterocycles. The second-order valence-electron chi connectivity index (χ2n) is 8.39. The molecule has 3 rings (SSSR count). The average molecular weight is 565 g/mol. The quantitative estimate of drug-likeness (QED) is 0.504. The van der Waals surface area contributed by atoms with E-state index >= 15 is 0 Å². The van der Waals surface area contributed by atoms with Crippen molar-refractivity contribution in [2.75, 3.05) is 58.9 Å². The minimum Gasteiger partial charge on any atom is -0.475 e. The van der Waals surface area contributed by atoms with Crippen molar-refractivity contribution in [3.8, 4) is 0 Å². The Kier molecular flexibility index (Phi) is 12.0. The molecule has 0 radical (unpaired) electrons. The van der Waals surface area contributed by atoms with E-state index in [4.69, 9.17) is 9.90 Å². The summed E-state index contributed by atoms with van der Waals surface area (Å²) in [4.78, 5) is 40.7. The minimum absolute atomic E-state index is 0.0100. The molecule has 0 saturated carbocycles. The van der Waals surface area contributed by atoms with Gasteiger partial charge in [-0.25, -0.2) is 4.79 Å². The lowest BCUT2D eigenvalue weighted by molar-refractivity contribution is -0.192. The molecule has 0 aliphatic carbocycles. The Morgan fingerprint density at radius 1 is 1.06 bits per heavy atom. The lowest BCUT2D eigenvalue weighted by atomic mass is 10.2. The molecule has 35 heavy (non-hydrogen) atoms. The zero-order chi connectivity index (χ0) is 25.8. The van der Waals surface area contributed by atoms with Crippen LogP contribution in [0.4, 0.5) is 13.2 Å². The van der Waals surface area contributed by atoms with Crippen LogP contribution in [0.2, 0.25) is 0 Å². The average Bonchev–Trinajstić information content (AvgIpc) is 3.34. The zero-order valence-electron chi connectivity index (χ0n) is 19.5. The fourth-order valence-electron chi connectivity index (χ4n) is 3.91.